The molecule has 0 unspecified atom stereocenters. The summed E-state index contributed by atoms with van der Waals surface area (Å²) in [7, 11) is -3.84. The molecule has 4 nitrogen and oxygen atoms in total. The van der Waals surface area contributed by atoms with Gasteiger partial charge in [-0.2, -0.15) is 5.26 Å². The lowest BCUT2D eigenvalue weighted by Crippen LogP contribution is -2.35. The van der Waals surface area contributed by atoms with E-state index in [2.05, 4.69) is 0 Å². The minimum Gasteiger partial charge on any atom is -0.266 e. The molecule has 0 aromatic heterocycles. The first kappa shape index (κ1) is 15.8. The second-order valence-electron chi connectivity index (χ2n) is 5.21. The summed E-state index contributed by atoms with van der Waals surface area (Å²) in [6, 6.07) is 9.98. The van der Waals surface area contributed by atoms with Crippen LogP contribution >= 0.6 is 11.6 Å². The van der Waals surface area contributed by atoms with Crippen molar-refractivity contribution in [2.45, 2.75) is 17.7 Å². The zero-order valence-corrected chi connectivity index (χ0v) is 13.5. The molecule has 0 bridgehead atoms. The normalized spacial score (nSPS) is 14.2. The fraction of sp³-hybridized carbons (Fsp3) is 0.188. The molecule has 0 fully saturated rings. The Hall–Kier alpha value is -2.10. The second kappa shape index (κ2) is 5.84. The van der Waals surface area contributed by atoms with Gasteiger partial charge in [0.05, 0.1) is 21.2 Å². The Bertz CT molecular complexity index is 922. The molecule has 2 aromatic carbocycles. The summed E-state index contributed by atoms with van der Waals surface area (Å²) < 4.78 is 40.4. The van der Waals surface area contributed by atoms with Crippen LogP contribution in [0.3, 0.4) is 0 Å². The number of nitriles is 1. The summed E-state index contributed by atoms with van der Waals surface area (Å²) in [5.41, 5.74) is 1.24. The average Bonchev–Trinajstić information content (AvgIpc) is 2.54. The molecule has 0 atom stereocenters. The van der Waals surface area contributed by atoms with E-state index in [-0.39, 0.29) is 21.3 Å². The van der Waals surface area contributed by atoms with Crippen LogP contribution in [0, 0.1) is 17.1 Å². The third kappa shape index (κ3) is 2.78. The van der Waals surface area contributed by atoms with E-state index in [1.165, 1.54) is 40.7 Å². The van der Waals surface area contributed by atoms with Crippen molar-refractivity contribution in [2.75, 3.05) is 10.8 Å². The van der Waals surface area contributed by atoms with Gasteiger partial charge in [-0.1, -0.05) is 11.6 Å². The maximum Gasteiger partial charge on any atom is 0.264 e. The van der Waals surface area contributed by atoms with Crippen LogP contribution < -0.4 is 4.31 Å². The van der Waals surface area contributed by atoms with Gasteiger partial charge in [0.15, 0.2) is 0 Å². The van der Waals surface area contributed by atoms with Gasteiger partial charge in [0.25, 0.3) is 10.0 Å². The van der Waals surface area contributed by atoms with Crippen LogP contribution in [-0.4, -0.2) is 15.0 Å². The molecule has 1 heterocycles. The Morgan fingerprint density at radius 2 is 2.00 bits per heavy atom. The summed E-state index contributed by atoms with van der Waals surface area (Å²) in [6.45, 7) is 0.311. The van der Waals surface area contributed by atoms with Crippen LogP contribution in [0.25, 0.3) is 0 Å². The highest BCUT2D eigenvalue weighted by molar-refractivity contribution is 7.92. The highest BCUT2D eigenvalue weighted by Gasteiger charge is 2.29. The summed E-state index contributed by atoms with van der Waals surface area (Å²) in [5.74, 6) is -0.388. The van der Waals surface area contributed by atoms with Crippen molar-refractivity contribution in [1.29, 1.82) is 5.26 Å². The Kier molecular flexibility index (Phi) is 4.00. The van der Waals surface area contributed by atoms with E-state index in [4.69, 9.17) is 16.9 Å². The number of anilines is 1. The van der Waals surface area contributed by atoms with Crippen LogP contribution in [-0.2, 0) is 16.4 Å². The van der Waals surface area contributed by atoms with E-state index >= 15 is 0 Å². The molecule has 23 heavy (non-hydrogen) atoms. The minimum atomic E-state index is -3.84. The fourth-order valence-electron chi connectivity index (χ4n) is 2.66. The number of aryl methyl sites for hydroxylation is 1. The van der Waals surface area contributed by atoms with Gasteiger partial charge >= 0.3 is 0 Å². The van der Waals surface area contributed by atoms with Crippen LogP contribution in [0.5, 0.6) is 0 Å². The summed E-state index contributed by atoms with van der Waals surface area (Å²) in [4.78, 5) is -0.00405. The van der Waals surface area contributed by atoms with Gasteiger partial charge in [-0.3, -0.25) is 4.31 Å². The van der Waals surface area contributed by atoms with Gasteiger partial charge < -0.3 is 0 Å². The number of hydrogen-bond donors (Lipinski definition) is 0. The fourth-order valence-corrected chi connectivity index (χ4v) is 4.39. The van der Waals surface area contributed by atoms with Gasteiger partial charge in [-0.05, 0) is 54.8 Å². The molecule has 2 aromatic rings. The van der Waals surface area contributed by atoms with Crippen LogP contribution in [0.4, 0.5) is 10.1 Å². The maximum absolute atomic E-state index is 13.4. The standard InChI is InChI=1S/C16H12ClFN2O2S/c17-15-5-4-14(9-12(15)10-19)23(21,22)20-7-1-2-11-8-13(18)3-6-16(11)20/h3-6,8-9H,1-2,7H2. The average molecular weight is 351 g/mol. The maximum atomic E-state index is 13.4. The molecule has 0 amide bonds. The lowest BCUT2D eigenvalue weighted by molar-refractivity contribution is 0.585. The van der Waals surface area contributed by atoms with Crippen molar-refractivity contribution in [3.8, 4) is 6.07 Å². The first-order valence-corrected chi connectivity index (χ1v) is 8.76. The molecule has 1 aliphatic heterocycles. The molecule has 1 aliphatic rings. The van der Waals surface area contributed by atoms with Gasteiger partial charge in [-0.15, -0.1) is 0 Å². The SMILES string of the molecule is N#Cc1cc(S(=O)(=O)N2CCCc3cc(F)ccc32)ccc1Cl. The molecule has 3 rings (SSSR count). The van der Waals surface area contributed by atoms with Gasteiger partial charge in [0, 0.05) is 6.54 Å². The molecule has 118 valence electrons. The van der Waals surface area contributed by atoms with Crippen molar-refractivity contribution < 1.29 is 12.8 Å². The zero-order chi connectivity index (χ0) is 16.6. The van der Waals surface area contributed by atoms with E-state index in [0.29, 0.717) is 30.6 Å². The van der Waals surface area contributed by atoms with Crippen LogP contribution in [0.15, 0.2) is 41.3 Å². The Labute approximate surface area is 138 Å². The molecule has 0 spiro atoms. The van der Waals surface area contributed by atoms with Gasteiger partial charge in [0.1, 0.15) is 11.9 Å². The van der Waals surface area contributed by atoms with Gasteiger partial charge in [-0.25, -0.2) is 12.8 Å². The number of hydrogen-bond acceptors (Lipinski definition) is 3. The smallest absolute Gasteiger partial charge is 0.264 e. The van der Waals surface area contributed by atoms with E-state index < -0.39 is 10.0 Å². The van der Waals surface area contributed by atoms with Gasteiger partial charge in [0.2, 0.25) is 0 Å². The molecule has 0 saturated carbocycles. The van der Waals surface area contributed by atoms with E-state index in [1.54, 1.807) is 0 Å². The number of sulfonamides is 1. The predicted octanol–water partition coefficient (Wildman–Crippen LogP) is 3.49. The third-order valence-electron chi connectivity index (χ3n) is 3.76. The molecule has 0 radical (unpaired) electrons. The van der Waals surface area contributed by atoms with Crippen molar-refractivity contribution >= 4 is 27.3 Å². The van der Waals surface area contributed by atoms with E-state index in [9.17, 15) is 12.8 Å². The highest BCUT2D eigenvalue weighted by Crippen LogP contribution is 2.33. The van der Waals surface area contributed by atoms with Crippen molar-refractivity contribution in [3.05, 3.63) is 58.4 Å². The number of fused-ring (bicyclic) bond motifs is 1. The quantitative estimate of drug-likeness (QED) is 0.832. The summed E-state index contributed by atoms with van der Waals surface area (Å²) in [6.07, 6.45) is 1.23. The monoisotopic (exact) mass is 350 g/mol. The first-order chi connectivity index (χ1) is 10.9. The molecular weight excluding hydrogens is 339 g/mol. The molecule has 0 aliphatic carbocycles. The Balaban J connectivity index is 2.10. The first-order valence-electron chi connectivity index (χ1n) is 6.94. The lowest BCUT2D eigenvalue weighted by atomic mass is 10.0. The predicted molar refractivity (Wildman–Crippen MR) is 85.4 cm³/mol. The van der Waals surface area contributed by atoms with Crippen molar-refractivity contribution in [1.82, 2.24) is 0 Å². The summed E-state index contributed by atoms with van der Waals surface area (Å²) in [5, 5.41) is 9.22. The molecule has 0 saturated heterocycles. The minimum absolute atomic E-state index is 0.00405. The number of benzene rings is 2. The number of halogens is 2. The second-order valence-corrected chi connectivity index (χ2v) is 7.48. The largest absolute Gasteiger partial charge is 0.266 e. The molecule has 0 N–H and O–H groups in total. The number of nitrogens with zero attached hydrogens (tertiary/aromatic N) is 2. The Morgan fingerprint density at radius 1 is 1.22 bits per heavy atom. The van der Waals surface area contributed by atoms with E-state index in [1.807, 2.05) is 6.07 Å². The summed E-state index contributed by atoms with van der Waals surface area (Å²) >= 11 is 5.86. The van der Waals surface area contributed by atoms with Crippen LogP contribution in [0.2, 0.25) is 5.02 Å². The number of rotatable bonds is 2. The van der Waals surface area contributed by atoms with Crippen molar-refractivity contribution in [3.63, 3.8) is 0 Å². The zero-order valence-electron chi connectivity index (χ0n) is 12.0. The molecule has 7 heteroatoms. The van der Waals surface area contributed by atoms with Crippen molar-refractivity contribution in [2.24, 2.45) is 0 Å². The highest BCUT2D eigenvalue weighted by atomic mass is 35.5. The van der Waals surface area contributed by atoms with Crippen LogP contribution in [0.1, 0.15) is 17.5 Å². The lowest BCUT2D eigenvalue weighted by Gasteiger charge is -2.30. The Morgan fingerprint density at radius 3 is 2.74 bits per heavy atom. The molecular formula is C16H12ClFN2O2S. The van der Waals surface area contributed by atoms with E-state index in [0.717, 1.165) is 0 Å². The topological polar surface area (TPSA) is 61.2 Å². The third-order valence-corrected chi connectivity index (χ3v) is 5.90.